The fourth-order valence-electron chi connectivity index (χ4n) is 3.57. The molecule has 4 aromatic rings. The molecule has 10 heteroatoms. The molecule has 1 atom stereocenters. The van der Waals surface area contributed by atoms with E-state index < -0.39 is 5.25 Å². The zero-order valence-electron chi connectivity index (χ0n) is 19.8. The molecule has 0 radical (unpaired) electrons. The van der Waals surface area contributed by atoms with Crippen molar-refractivity contribution in [1.82, 2.24) is 14.8 Å². The Bertz CT molecular complexity index is 1300. The van der Waals surface area contributed by atoms with E-state index in [1.807, 2.05) is 91.2 Å². The third kappa shape index (κ3) is 6.64. The van der Waals surface area contributed by atoms with Gasteiger partial charge in [-0.25, -0.2) is 0 Å². The Balaban J connectivity index is 1.51. The minimum absolute atomic E-state index is 0.251. The maximum absolute atomic E-state index is 11.5. The first-order valence-electron chi connectivity index (χ1n) is 11.3. The van der Waals surface area contributed by atoms with Crippen LogP contribution >= 0.6 is 27.7 Å². The topological polar surface area (TPSA) is 92.3 Å². The summed E-state index contributed by atoms with van der Waals surface area (Å²) in [6.07, 6.45) is 0. The van der Waals surface area contributed by atoms with E-state index in [0.717, 1.165) is 27.0 Å². The van der Waals surface area contributed by atoms with Crippen LogP contribution < -0.4 is 9.47 Å². The van der Waals surface area contributed by atoms with Crippen molar-refractivity contribution in [3.05, 3.63) is 104 Å². The second kappa shape index (κ2) is 12.0. The van der Waals surface area contributed by atoms with E-state index in [-0.39, 0.29) is 11.5 Å². The van der Waals surface area contributed by atoms with Crippen LogP contribution in [-0.2, 0) is 6.61 Å². The summed E-state index contributed by atoms with van der Waals surface area (Å²) in [5.41, 5.74) is 2.72. The number of nitro groups is 1. The quantitative estimate of drug-likeness (QED) is 0.117. The molecule has 186 valence electrons. The molecular weight excluding hydrogens is 544 g/mol. The van der Waals surface area contributed by atoms with Crippen molar-refractivity contribution in [1.29, 1.82) is 0 Å². The number of benzene rings is 3. The van der Waals surface area contributed by atoms with Gasteiger partial charge in [0, 0.05) is 15.1 Å². The van der Waals surface area contributed by atoms with Gasteiger partial charge < -0.3 is 9.47 Å². The number of aromatic nitrogens is 3. The first-order chi connectivity index (χ1) is 17.4. The van der Waals surface area contributed by atoms with E-state index in [0.29, 0.717) is 29.9 Å². The minimum Gasteiger partial charge on any atom is -0.494 e. The standard InChI is InChI=1S/C26H25BrN4O4S/c1-3-34-23-14-10-22(11-15-23)31-18(2)28-29-26(31)36-25(16-30(32)33)20-6-12-24(13-7-20)35-17-19-4-8-21(27)9-5-19/h4-15,25H,3,16-17H2,1-2H3/t25-/m0/s1. The lowest BCUT2D eigenvalue weighted by atomic mass is 10.1. The molecule has 0 bridgehead atoms. The van der Waals surface area contributed by atoms with Crippen molar-refractivity contribution in [2.24, 2.45) is 0 Å². The Morgan fingerprint density at radius 2 is 1.61 bits per heavy atom. The summed E-state index contributed by atoms with van der Waals surface area (Å²) in [5, 5.41) is 20.1. The molecular formula is C26H25BrN4O4S. The summed E-state index contributed by atoms with van der Waals surface area (Å²) in [6.45, 7) is 4.56. The number of halogens is 1. The number of aryl methyl sites for hydroxylation is 1. The maximum atomic E-state index is 11.5. The molecule has 4 rings (SSSR count). The van der Waals surface area contributed by atoms with Gasteiger partial charge in [-0.3, -0.25) is 14.7 Å². The van der Waals surface area contributed by atoms with E-state index in [1.54, 1.807) is 0 Å². The van der Waals surface area contributed by atoms with Crippen molar-refractivity contribution in [3.63, 3.8) is 0 Å². The van der Waals surface area contributed by atoms with Crippen LogP contribution in [-0.4, -0.2) is 32.8 Å². The van der Waals surface area contributed by atoms with Gasteiger partial charge in [-0.1, -0.05) is 52.0 Å². The molecule has 0 aliphatic heterocycles. The van der Waals surface area contributed by atoms with Crippen LogP contribution in [0.25, 0.3) is 5.69 Å². The van der Waals surface area contributed by atoms with E-state index >= 15 is 0 Å². The van der Waals surface area contributed by atoms with Crippen molar-refractivity contribution >= 4 is 27.7 Å². The van der Waals surface area contributed by atoms with Crippen LogP contribution in [0, 0.1) is 17.0 Å². The van der Waals surface area contributed by atoms with Gasteiger partial charge in [0.1, 0.15) is 29.2 Å². The molecule has 0 aliphatic carbocycles. The Morgan fingerprint density at radius 3 is 2.25 bits per heavy atom. The molecule has 0 saturated carbocycles. The van der Waals surface area contributed by atoms with Crippen LogP contribution in [0.3, 0.4) is 0 Å². The molecule has 0 amide bonds. The molecule has 0 unspecified atom stereocenters. The van der Waals surface area contributed by atoms with Gasteiger partial charge in [0.25, 0.3) is 0 Å². The van der Waals surface area contributed by atoms with Gasteiger partial charge in [0.15, 0.2) is 5.16 Å². The van der Waals surface area contributed by atoms with E-state index in [2.05, 4.69) is 26.1 Å². The van der Waals surface area contributed by atoms with Gasteiger partial charge in [-0.05, 0) is 73.5 Å². The molecule has 36 heavy (non-hydrogen) atoms. The highest BCUT2D eigenvalue weighted by Crippen LogP contribution is 2.36. The average molecular weight is 569 g/mol. The average Bonchev–Trinajstić information content (AvgIpc) is 3.24. The first-order valence-corrected chi connectivity index (χ1v) is 13.0. The van der Waals surface area contributed by atoms with Gasteiger partial charge >= 0.3 is 0 Å². The Hall–Kier alpha value is -3.37. The molecule has 1 aromatic heterocycles. The van der Waals surface area contributed by atoms with Gasteiger partial charge in [0.05, 0.1) is 6.61 Å². The summed E-state index contributed by atoms with van der Waals surface area (Å²) in [5.74, 6) is 2.16. The zero-order chi connectivity index (χ0) is 25.5. The fourth-order valence-corrected chi connectivity index (χ4v) is 5.01. The normalized spacial score (nSPS) is 11.8. The number of ether oxygens (including phenoxy) is 2. The highest BCUT2D eigenvalue weighted by Gasteiger charge is 2.24. The van der Waals surface area contributed by atoms with Crippen LogP contribution in [0.2, 0.25) is 0 Å². The van der Waals surface area contributed by atoms with Crippen LogP contribution in [0.4, 0.5) is 0 Å². The summed E-state index contributed by atoms with van der Waals surface area (Å²) in [7, 11) is 0. The van der Waals surface area contributed by atoms with Crippen molar-refractivity contribution in [2.45, 2.75) is 30.9 Å². The molecule has 0 aliphatic rings. The number of nitrogens with zero attached hydrogens (tertiary/aromatic N) is 4. The molecule has 1 heterocycles. The fraction of sp³-hybridized carbons (Fsp3) is 0.231. The molecule has 3 aromatic carbocycles. The molecule has 8 nitrogen and oxygen atoms in total. The number of rotatable bonds is 11. The van der Waals surface area contributed by atoms with Gasteiger partial charge in [-0.2, -0.15) is 0 Å². The van der Waals surface area contributed by atoms with Crippen molar-refractivity contribution < 1.29 is 14.4 Å². The van der Waals surface area contributed by atoms with Crippen molar-refractivity contribution in [3.8, 4) is 17.2 Å². The second-order valence-corrected chi connectivity index (χ2v) is 9.98. The number of hydrogen-bond donors (Lipinski definition) is 0. The highest BCUT2D eigenvalue weighted by molar-refractivity contribution is 9.10. The lowest BCUT2D eigenvalue weighted by Gasteiger charge is -2.15. The lowest BCUT2D eigenvalue weighted by Crippen LogP contribution is -2.11. The van der Waals surface area contributed by atoms with Gasteiger partial charge in [-0.15, -0.1) is 10.2 Å². The third-order valence-electron chi connectivity index (χ3n) is 5.33. The molecule has 0 N–H and O–H groups in total. The summed E-state index contributed by atoms with van der Waals surface area (Å²) in [4.78, 5) is 11.2. The van der Waals surface area contributed by atoms with E-state index in [4.69, 9.17) is 9.47 Å². The third-order valence-corrected chi connectivity index (χ3v) is 7.04. The second-order valence-electron chi connectivity index (χ2n) is 7.90. The number of hydrogen-bond acceptors (Lipinski definition) is 7. The lowest BCUT2D eigenvalue weighted by molar-refractivity contribution is -0.479. The van der Waals surface area contributed by atoms with E-state index in [9.17, 15) is 10.1 Å². The molecule has 0 spiro atoms. The van der Waals surface area contributed by atoms with Crippen LogP contribution in [0.5, 0.6) is 11.5 Å². The number of thioether (sulfide) groups is 1. The maximum Gasteiger partial charge on any atom is 0.220 e. The van der Waals surface area contributed by atoms with Gasteiger partial charge in [0.2, 0.25) is 6.54 Å². The SMILES string of the molecule is CCOc1ccc(-n2c(C)nnc2S[C@@H](C[N+](=O)[O-])c2ccc(OCc3ccc(Br)cc3)cc2)cc1. The zero-order valence-corrected chi connectivity index (χ0v) is 22.2. The molecule has 0 fully saturated rings. The highest BCUT2D eigenvalue weighted by atomic mass is 79.9. The Labute approximate surface area is 221 Å². The van der Waals surface area contributed by atoms with Crippen molar-refractivity contribution in [2.75, 3.05) is 13.2 Å². The Morgan fingerprint density at radius 1 is 0.972 bits per heavy atom. The predicted molar refractivity (Wildman–Crippen MR) is 143 cm³/mol. The summed E-state index contributed by atoms with van der Waals surface area (Å²) < 4.78 is 14.3. The monoisotopic (exact) mass is 568 g/mol. The minimum atomic E-state index is -0.453. The Kier molecular flexibility index (Phi) is 8.61. The smallest absolute Gasteiger partial charge is 0.220 e. The predicted octanol–water partition coefficient (Wildman–Crippen LogP) is 6.43. The van der Waals surface area contributed by atoms with Crippen LogP contribution in [0.1, 0.15) is 29.1 Å². The largest absolute Gasteiger partial charge is 0.494 e. The van der Waals surface area contributed by atoms with Crippen LogP contribution in [0.15, 0.2) is 82.4 Å². The summed E-state index contributed by atoms with van der Waals surface area (Å²) >= 11 is 4.74. The van der Waals surface area contributed by atoms with E-state index in [1.165, 1.54) is 11.8 Å². The summed E-state index contributed by atoms with van der Waals surface area (Å²) in [6, 6.07) is 22.9. The first kappa shape index (κ1) is 25.7. The molecule has 0 saturated heterocycles.